The number of aliphatic carboxylic acids is 1. The van der Waals surface area contributed by atoms with Crippen LogP contribution in [0.25, 0.3) is 0 Å². The molecule has 0 aliphatic rings. The molecule has 0 aliphatic carbocycles. The maximum Gasteiger partial charge on any atom is 0.322 e. The van der Waals surface area contributed by atoms with Crippen molar-refractivity contribution < 1.29 is 14.7 Å². The lowest BCUT2D eigenvalue weighted by molar-refractivity contribution is -0.137. The minimum absolute atomic E-state index is 0.115. The van der Waals surface area contributed by atoms with Gasteiger partial charge in [0.05, 0.1) is 24.6 Å². The molecule has 9 nitrogen and oxygen atoms in total. The van der Waals surface area contributed by atoms with Crippen LogP contribution in [0, 0.1) is 11.3 Å². The van der Waals surface area contributed by atoms with Crippen LogP contribution in [0.2, 0.25) is 0 Å². The molecule has 1 amide bonds. The summed E-state index contributed by atoms with van der Waals surface area (Å²) in [4.78, 5) is 22.0. The summed E-state index contributed by atoms with van der Waals surface area (Å²) in [5, 5.41) is 30.6. The van der Waals surface area contributed by atoms with Crippen LogP contribution in [0.1, 0.15) is 17.0 Å². The lowest BCUT2D eigenvalue weighted by atomic mass is 10.1. The van der Waals surface area contributed by atoms with E-state index >= 15 is 0 Å². The van der Waals surface area contributed by atoms with Gasteiger partial charge < -0.3 is 10.4 Å². The summed E-state index contributed by atoms with van der Waals surface area (Å²) < 4.78 is 1.45. The Labute approximate surface area is 125 Å². The molecule has 0 bridgehead atoms. The molecule has 2 aromatic rings. The molecule has 0 unspecified atom stereocenters. The number of carboxylic acid groups (broad SMARTS) is 1. The third-order valence-corrected chi connectivity index (χ3v) is 2.78. The van der Waals surface area contributed by atoms with E-state index in [1.165, 1.54) is 4.68 Å². The Morgan fingerprint density at radius 3 is 2.68 bits per heavy atom. The van der Waals surface area contributed by atoms with Crippen LogP contribution in [0.3, 0.4) is 0 Å². The third-order valence-electron chi connectivity index (χ3n) is 2.78. The molecular weight excluding hydrogens is 288 g/mol. The number of nitrogens with zero attached hydrogens (tertiary/aromatic N) is 5. The van der Waals surface area contributed by atoms with Crippen molar-refractivity contribution in [2.45, 2.75) is 13.0 Å². The Morgan fingerprint density at radius 2 is 2.05 bits per heavy atom. The average molecular weight is 300 g/mol. The van der Waals surface area contributed by atoms with E-state index in [0.717, 1.165) is 5.56 Å². The second-order valence-corrected chi connectivity index (χ2v) is 4.41. The van der Waals surface area contributed by atoms with E-state index < -0.39 is 18.4 Å². The zero-order valence-electron chi connectivity index (χ0n) is 11.4. The molecule has 9 heteroatoms. The molecule has 1 heterocycles. The lowest BCUT2D eigenvalue weighted by Crippen LogP contribution is -2.31. The standard InChI is InChI=1S/C13H12N6O3/c14-6-9-1-3-10(4-2-9)8-19-11(16-17-18-19)5-12(20)15-7-13(21)22/h1-4H,5,7-8H2,(H,15,20)(H,21,22). The number of carbonyl (C=O) groups is 2. The summed E-state index contributed by atoms with van der Waals surface area (Å²) >= 11 is 0. The van der Waals surface area contributed by atoms with Gasteiger partial charge in [-0.25, -0.2) is 4.68 Å². The number of rotatable bonds is 6. The molecular formula is C13H12N6O3. The lowest BCUT2D eigenvalue weighted by Gasteiger charge is -2.05. The van der Waals surface area contributed by atoms with Crippen molar-refractivity contribution in [3.63, 3.8) is 0 Å². The third kappa shape index (κ3) is 4.11. The van der Waals surface area contributed by atoms with E-state index in [4.69, 9.17) is 10.4 Å². The van der Waals surface area contributed by atoms with Crippen LogP contribution < -0.4 is 5.32 Å². The summed E-state index contributed by atoms with van der Waals surface area (Å²) in [5.74, 6) is -1.27. The number of hydrogen-bond acceptors (Lipinski definition) is 6. The number of aromatic nitrogens is 4. The molecule has 2 rings (SSSR count). The smallest absolute Gasteiger partial charge is 0.322 e. The summed E-state index contributed by atoms with van der Waals surface area (Å²) in [5.41, 5.74) is 1.42. The number of tetrazole rings is 1. The fraction of sp³-hybridized carbons (Fsp3) is 0.231. The van der Waals surface area contributed by atoms with Gasteiger partial charge in [-0.1, -0.05) is 12.1 Å². The van der Waals surface area contributed by atoms with Crippen molar-refractivity contribution in [3.8, 4) is 6.07 Å². The number of nitriles is 1. The quantitative estimate of drug-likeness (QED) is 0.723. The van der Waals surface area contributed by atoms with E-state index in [2.05, 4.69) is 20.8 Å². The van der Waals surface area contributed by atoms with Gasteiger partial charge in [-0.15, -0.1) is 5.10 Å². The van der Waals surface area contributed by atoms with E-state index in [9.17, 15) is 9.59 Å². The SMILES string of the molecule is N#Cc1ccc(Cn2nnnc2CC(=O)NCC(=O)O)cc1. The highest BCUT2D eigenvalue weighted by molar-refractivity contribution is 5.82. The maximum absolute atomic E-state index is 11.6. The van der Waals surface area contributed by atoms with Crippen molar-refractivity contribution >= 4 is 11.9 Å². The summed E-state index contributed by atoms with van der Waals surface area (Å²) in [6.45, 7) is -0.101. The second-order valence-electron chi connectivity index (χ2n) is 4.41. The molecule has 0 fully saturated rings. The number of carbonyl (C=O) groups excluding carboxylic acids is 1. The van der Waals surface area contributed by atoms with Gasteiger partial charge in [0.25, 0.3) is 0 Å². The Balaban J connectivity index is 2.01. The van der Waals surface area contributed by atoms with E-state index in [1.54, 1.807) is 24.3 Å². The van der Waals surface area contributed by atoms with E-state index in [-0.39, 0.29) is 6.42 Å². The summed E-state index contributed by atoms with van der Waals surface area (Å²) in [6.07, 6.45) is -0.115. The first kappa shape index (κ1) is 15.1. The first-order chi connectivity index (χ1) is 10.6. The highest BCUT2D eigenvalue weighted by Crippen LogP contribution is 2.06. The normalized spacial score (nSPS) is 9.95. The largest absolute Gasteiger partial charge is 0.480 e. The van der Waals surface area contributed by atoms with Crippen molar-refractivity contribution in [2.24, 2.45) is 0 Å². The molecule has 0 aliphatic heterocycles. The van der Waals surface area contributed by atoms with Gasteiger partial charge in [-0.3, -0.25) is 9.59 Å². The Kier molecular flexibility index (Phi) is 4.77. The van der Waals surface area contributed by atoms with Crippen LogP contribution >= 0.6 is 0 Å². The Bertz CT molecular complexity index is 716. The van der Waals surface area contributed by atoms with Crippen LogP contribution in [-0.2, 0) is 22.6 Å². The predicted molar refractivity (Wildman–Crippen MR) is 72.4 cm³/mol. The van der Waals surface area contributed by atoms with Crippen LogP contribution in [0.5, 0.6) is 0 Å². The van der Waals surface area contributed by atoms with E-state index in [0.29, 0.717) is 17.9 Å². The average Bonchev–Trinajstić information content (AvgIpc) is 2.93. The number of amides is 1. The minimum Gasteiger partial charge on any atom is -0.480 e. The topological polar surface area (TPSA) is 134 Å². The molecule has 112 valence electrons. The molecule has 0 saturated heterocycles. The van der Waals surface area contributed by atoms with Crippen LogP contribution in [-0.4, -0.2) is 43.7 Å². The fourth-order valence-corrected chi connectivity index (χ4v) is 1.71. The molecule has 2 N–H and O–H groups in total. The highest BCUT2D eigenvalue weighted by Gasteiger charge is 2.12. The molecule has 1 aromatic heterocycles. The van der Waals surface area contributed by atoms with Crippen molar-refractivity contribution in [3.05, 3.63) is 41.2 Å². The van der Waals surface area contributed by atoms with Gasteiger partial charge in [0, 0.05) is 0 Å². The highest BCUT2D eigenvalue weighted by atomic mass is 16.4. The number of hydrogen-bond donors (Lipinski definition) is 2. The molecule has 0 atom stereocenters. The molecule has 22 heavy (non-hydrogen) atoms. The van der Waals surface area contributed by atoms with Gasteiger partial charge in [-0.05, 0) is 28.1 Å². The molecule has 0 spiro atoms. The van der Waals surface area contributed by atoms with Gasteiger partial charge >= 0.3 is 5.97 Å². The van der Waals surface area contributed by atoms with Gasteiger partial charge in [0.1, 0.15) is 6.54 Å². The predicted octanol–water partition coefficient (Wildman–Crippen LogP) is -0.664. The minimum atomic E-state index is -1.12. The maximum atomic E-state index is 11.6. The zero-order chi connectivity index (χ0) is 15.9. The van der Waals surface area contributed by atoms with Gasteiger partial charge in [0.15, 0.2) is 5.82 Å². The van der Waals surface area contributed by atoms with Crippen molar-refractivity contribution in [1.29, 1.82) is 5.26 Å². The summed E-state index contributed by atoms with van der Waals surface area (Å²) in [6, 6.07) is 8.93. The zero-order valence-corrected chi connectivity index (χ0v) is 11.4. The molecule has 0 radical (unpaired) electrons. The Hall–Kier alpha value is -3.28. The van der Waals surface area contributed by atoms with Crippen molar-refractivity contribution in [1.82, 2.24) is 25.5 Å². The first-order valence-corrected chi connectivity index (χ1v) is 6.31. The summed E-state index contributed by atoms with van der Waals surface area (Å²) in [7, 11) is 0. The first-order valence-electron chi connectivity index (χ1n) is 6.31. The molecule has 0 saturated carbocycles. The monoisotopic (exact) mass is 300 g/mol. The second kappa shape index (κ2) is 6.94. The van der Waals surface area contributed by atoms with Crippen molar-refractivity contribution in [2.75, 3.05) is 6.54 Å². The van der Waals surface area contributed by atoms with Crippen LogP contribution in [0.4, 0.5) is 0 Å². The number of nitrogens with one attached hydrogen (secondary N) is 1. The van der Waals surface area contributed by atoms with Gasteiger partial charge in [-0.2, -0.15) is 5.26 Å². The van der Waals surface area contributed by atoms with Crippen LogP contribution in [0.15, 0.2) is 24.3 Å². The fourth-order valence-electron chi connectivity index (χ4n) is 1.71. The number of benzene rings is 1. The number of carboxylic acids is 1. The molecule has 1 aromatic carbocycles. The van der Waals surface area contributed by atoms with E-state index in [1.807, 2.05) is 6.07 Å². The Morgan fingerprint density at radius 1 is 1.32 bits per heavy atom. The van der Waals surface area contributed by atoms with Gasteiger partial charge in [0.2, 0.25) is 5.91 Å².